The molecular weight excluding hydrogens is 378 g/mol. The van der Waals surface area contributed by atoms with Crippen LogP contribution in [0.3, 0.4) is 0 Å². The van der Waals surface area contributed by atoms with E-state index in [0.717, 1.165) is 33.9 Å². The zero-order valence-electron chi connectivity index (χ0n) is 17.1. The third kappa shape index (κ3) is 4.40. The summed E-state index contributed by atoms with van der Waals surface area (Å²) in [5, 5.41) is 3.19. The second-order valence-corrected chi connectivity index (χ2v) is 7.30. The van der Waals surface area contributed by atoms with Crippen LogP contribution in [-0.4, -0.2) is 26.2 Å². The summed E-state index contributed by atoms with van der Waals surface area (Å²) in [6.07, 6.45) is 0.723. The van der Waals surface area contributed by atoms with Gasteiger partial charge in [-0.1, -0.05) is 42.5 Å². The van der Waals surface area contributed by atoms with Crippen molar-refractivity contribution in [3.8, 4) is 17.2 Å². The monoisotopic (exact) mass is 403 g/mol. The van der Waals surface area contributed by atoms with E-state index in [-0.39, 0.29) is 11.9 Å². The molecule has 0 aromatic heterocycles. The first-order valence-electron chi connectivity index (χ1n) is 9.98. The molecule has 5 heteroatoms. The molecule has 5 nitrogen and oxygen atoms in total. The van der Waals surface area contributed by atoms with E-state index >= 15 is 0 Å². The SMILES string of the molecule is COc1ccc(C[C@@H](NC(=O)[C@@H]2Cc3ccccc3O2)c2ccc(OC)cc2)cc1. The van der Waals surface area contributed by atoms with Gasteiger partial charge in [0.15, 0.2) is 6.10 Å². The summed E-state index contributed by atoms with van der Waals surface area (Å²) in [6.45, 7) is 0. The topological polar surface area (TPSA) is 56.8 Å². The van der Waals surface area contributed by atoms with Gasteiger partial charge in [-0.15, -0.1) is 0 Å². The van der Waals surface area contributed by atoms with Crippen LogP contribution in [0.5, 0.6) is 17.2 Å². The van der Waals surface area contributed by atoms with Crippen molar-refractivity contribution in [1.82, 2.24) is 5.32 Å². The second kappa shape index (κ2) is 8.91. The van der Waals surface area contributed by atoms with Gasteiger partial charge in [0.2, 0.25) is 0 Å². The average molecular weight is 403 g/mol. The minimum atomic E-state index is -0.515. The van der Waals surface area contributed by atoms with Crippen molar-refractivity contribution in [2.75, 3.05) is 14.2 Å². The van der Waals surface area contributed by atoms with Crippen LogP contribution in [0.4, 0.5) is 0 Å². The summed E-state index contributed by atoms with van der Waals surface area (Å²) < 4.78 is 16.4. The van der Waals surface area contributed by atoms with Crippen LogP contribution < -0.4 is 19.5 Å². The molecule has 1 aliphatic rings. The molecule has 1 heterocycles. The number of rotatable bonds is 7. The number of ether oxygens (including phenoxy) is 3. The normalized spacial score (nSPS) is 15.6. The molecular formula is C25H25NO4. The molecule has 0 aliphatic carbocycles. The van der Waals surface area contributed by atoms with Gasteiger partial charge in [0.25, 0.3) is 5.91 Å². The highest BCUT2D eigenvalue weighted by Crippen LogP contribution is 2.29. The summed E-state index contributed by atoms with van der Waals surface area (Å²) in [4.78, 5) is 13.0. The molecule has 0 fully saturated rings. The highest BCUT2D eigenvalue weighted by atomic mass is 16.5. The quantitative estimate of drug-likeness (QED) is 0.645. The predicted molar refractivity (Wildman–Crippen MR) is 115 cm³/mol. The van der Waals surface area contributed by atoms with Gasteiger partial charge in [-0.3, -0.25) is 4.79 Å². The number of amides is 1. The van der Waals surface area contributed by atoms with Crippen molar-refractivity contribution in [3.05, 3.63) is 89.5 Å². The molecule has 1 aliphatic heterocycles. The number of methoxy groups -OCH3 is 2. The van der Waals surface area contributed by atoms with Gasteiger partial charge >= 0.3 is 0 Å². The molecule has 0 bridgehead atoms. The van der Waals surface area contributed by atoms with Gasteiger partial charge in [0, 0.05) is 6.42 Å². The van der Waals surface area contributed by atoms with Crippen molar-refractivity contribution in [1.29, 1.82) is 0 Å². The molecule has 4 rings (SSSR count). The summed E-state index contributed by atoms with van der Waals surface area (Å²) in [6, 6.07) is 23.3. The fourth-order valence-electron chi connectivity index (χ4n) is 3.68. The Kier molecular flexibility index (Phi) is 5.89. The van der Waals surface area contributed by atoms with Crippen molar-refractivity contribution >= 4 is 5.91 Å². The third-order valence-corrected chi connectivity index (χ3v) is 5.37. The van der Waals surface area contributed by atoms with Crippen LogP contribution in [-0.2, 0) is 17.6 Å². The van der Waals surface area contributed by atoms with Gasteiger partial charge in [0.1, 0.15) is 17.2 Å². The zero-order chi connectivity index (χ0) is 20.9. The van der Waals surface area contributed by atoms with Gasteiger partial charge in [0.05, 0.1) is 20.3 Å². The molecule has 30 heavy (non-hydrogen) atoms. The van der Waals surface area contributed by atoms with E-state index < -0.39 is 6.10 Å². The van der Waals surface area contributed by atoms with Crippen LogP contribution in [0.2, 0.25) is 0 Å². The van der Waals surface area contributed by atoms with Crippen molar-refractivity contribution in [2.24, 2.45) is 0 Å². The Bertz CT molecular complexity index is 973. The standard InChI is InChI=1S/C25H25NO4/c1-28-20-11-7-17(8-12-20)15-22(18-9-13-21(29-2)14-10-18)26-25(27)24-16-19-5-3-4-6-23(19)30-24/h3-14,22,24H,15-16H2,1-2H3,(H,26,27)/t22-,24+/m1/s1. The van der Waals surface area contributed by atoms with Crippen LogP contribution >= 0.6 is 0 Å². The Morgan fingerprint density at radius 3 is 2.23 bits per heavy atom. The van der Waals surface area contributed by atoms with E-state index in [2.05, 4.69) is 5.32 Å². The summed E-state index contributed by atoms with van der Waals surface area (Å²) >= 11 is 0. The molecule has 0 radical (unpaired) electrons. The van der Waals surface area contributed by atoms with Crippen molar-refractivity contribution < 1.29 is 19.0 Å². The molecule has 2 atom stereocenters. The van der Waals surface area contributed by atoms with Gasteiger partial charge in [-0.2, -0.15) is 0 Å². The largest absolute Gasteiger partial charge is 0.497 e. The van der Waals surface area contributed by atoms with Crippen LogP contribution in [0.15, 0.2) is 72.8 Å². The van der Waals surface area contributed by atoms with E-state index in [0.29, 0.717) is 12.8 Å². The number of para-hydroxylation sites is 1. The zero-order valence-corrected chi connectivity index (χ0v) is 17.1. The number of fused-ring (bicyclic) bond motifs is 1. The first-order chi connectivity index (χ1) is 14.7. The molecule has 154 valence electrons. The molecule has 0 saturated heterocycles. The maximum Gasteiger partial charge on any atom is 0.261 e. The van der Waals surface area contributed by atoms with Crippen LogP contribution in [0.1, 0.15) is 22.7 Å². The lowest BCUT2D eigenvalue weighted by Gasteiger charge is -2.22. The lowest BCUT2D eigenvalue weighted by Crippen LogP contribution is -2.40. The third-order valence-electron chi connectivity index (χ3n) is 5.37. The van der Waals surface area contributed by atoms with E-state index in [4.69, 9.17) is 14.2 Å². The van der Waals surface area contributed by atoms with E-state index in [1.807, 2.05) is 72.8 Å². The van der Waals surface area contributed by atoms with E-state index in [1.165, 1.54) is 0 Å². The predicted octanol–water partition coefficient (Wildman–Crippen LogP) is 4.11. The number of hydrogen-bond donors (Lipinski definition) is 1. The Hall–Kier alpha value is -3.47. The first kappa shape index (κ1) is 19.8. The molecule has 0 saturated carbocycles. The Morgan fingerprint density at radius 1 is 0.967 bits per heavy atom. The highest BCUT2D eigenvalue weighted by Gasteiger charge is 2.30. The molecule has 0 unspecified atom stereocenters. The fraction of sp³-hybridized carbons (Fsp3) is 0.240. The van der Waals surface area contributed by atoms with Gasteiger partial charge < -0.3 is 19.5 Å². The maximum atomic E-state index is 13.0. The number of hydrogen-bond acceptors (Lipinski definition) is 4. The number of benzene rings is 3. The molecule has 0 spiro atoms. The average Bonchev–Trinajstić information content (AvgIpc) is 3.24. The van der Waals surface area contributed by atoms with E-state index in [9.17, 15) is 4.79 Å². The lowest BCUT2D eigenvalue weighted by molar-refractivity contribution is -0.128. The number of nitrogens with one attached hydrogen (secondary N) is 1. The highest BCUT2D eigenvalue weighted by molar-refractivity contribution is 5.83. The minimum absolute atomic E-state index is 0.111. The van der Waals surface area contributed by atoms with Gasteiger partial charge in [-0.25, -0.2) is 0 Å². The molecule has 1 amide bonds. The summed E-state index contributed by atoms with van der Waals surface area (Å²) in [7, 11) is 3.29. The Morgan fingerprint density at radius 2 is 1.60 bits per heavy atom. The Balaban J connectivity index is 1.52. The first-order valence-corrected chi connectivity index (χ1v) is 9.98. The van der Waals surface area contributed by atoms with Crippen LogP contribution in [0.25, 0.3) is 0 Å². The minimum Gasteiger partial charge on any atom is -0.497 e. The Labute approximate surface area is 176 Å². The van der Waals surface area contributed by atoms with E-state index in [1.54, 1.807) is 14.2 Å². The summed E-state index contributed by atoms with van der Waals surface area (Å²) in [5.74, 6) is 2.26. The molecule has 3 aromatic rings. The second-order valence-electron chi connectivity index (χ2n) is 7.30. The van der Waals surface area contributed by atoms with Crippen molar-refractivity contribution in [2.45, 2.75) is 25.0 Å². The number of carbonyl (C=O) groups is 1. The fourth-order valence-corrected chi connectivity index (χ4v) is 3.68. The van der Waals surface area contributed by atoms with Crippen molar-refractivity contribution in [3.63, 3.8) is 0 Å². The van der Waals surface area contributed by atoms with Gasteiger partial charge in [-0.05, 0) is 53.4 Å². The maximum absolute atomic E-state index is 13.0. The number of carbonyl (C=O) groups excluding carboxylic acids is 1. The van der Waals surface area contributed by atoms with Crippen LogP contribution in [0, 0.1) is 0 Å². The molecule has 1 N–H and O–H groups in total. The molecule has 3 aromatic carbocycles. The smallest absolute Gasteiger partial charge is 0.261 e. The lowest BCUT2D eigenvalue weighted by atomic mass is 9.98. The summed E-state index contributed by atoms with van der Waals surface area (Å²) in [5.41, 5.74) is 3.18.